The fourth-order valence-corrected chi connectivity index (χ4v) is 3.83. The predicted molar refractivity (Wildman–Crippen MR) is 107 cm³/mol. The van der Waals surface area contributed by atoms with E-state index in [0.29, 0.717) is 23.8 Å². The van der Waals surface area contributed by atoms with Gasteiger partial charge in [-0.3, -0.25) is 9.59 Å². The van der Waals surface area contributed by atoms with Crippen molar-refractivity contribution in [1.29, 1.82) is 0 Å². The van der Waals surface area contributed by atoms with Gasteiger partial charge in [-0.2, -0.15) is 4.68 Å². The van der Waals surface area contributed by atoms with E-state index in [1.165, 1.54) is 18.0 Å². The smallest absolute Gasteiger partial charge is 0.290 e. The lowest BCUT2D eigenvalue weighted by molar-refractivity contribution is -0.121. The number of nitrogens with one attached hydrogen (secondary N) is 1. The summed E-state index contributed by atoms with van der Waals surface area (Å²) in [5, 5.41) is 15.2. The van der Waals surface area contributed by atoms with Crippen molar-refractivity contribution < 1.29 is 14.0 Å². The molecule has 1 atom stereocenters. The zero-order valence-electron chi connectivity index (χ0n) is 15.8. The molecule has 1 unspecified atom stereocenters. The molecule has 2 amide bonds. The van der Waals surface area contributed by atoms with Crippen LogP contribution in [-0.2, 0) is 4.79 Å². The number of nitrogens with zero attached hydrogens (tertiary/aromatic N) is 5. The largest absolute Gasteiger partial charge is 0.459 e. The van der Waals surface area contributed by atoms with E-state index in [0.717, 1.165) is 18.5 Å². The van der Waals surface area contributed by atoms with Crippen LogP contribution < -0.4 is 5.32 Å². The topological polar surface area (TPSA) is 106 Å². The minimum absolute atomic E-state index is 0.219. The number of hydrogen-bond donors (Lipinski definition) is 1. The molecular formula is C19H20N6O3S. The van der Waals surface area contributed by atoms with E-state index >= 15 is 0 Å². The first-order valence-electron chi connectivity index (χ1n) is 9.25. The lowest BCUT2D eigenvalue weighted by atomic mass is 10.0. The molecular weight excluding hydrogens is 392 g/mol. The number of tetrazole rings is 1. The average molecular weight is 412 g/mol. The van der Waals surface area contributed by atoms with Crippen LogP contribution >= 0.6 is 11.8 Å². The minimum Gasteiger partial charge on any atom is -0.459 e. The van der Waals surface area contributed by atoms with E-state index < -0.39 is 6.04 Å². The molecule has 1 fully saturated rings. The first-order valence-corrected chi connectivity index (χ1v) is 10.5. The standard InChI is InChI=1S/C19H20N6O3S/c1-29-19-21-22-23-25(19)14-7-4-6-13(12-14)20-17(26)15-8-2-3-10-24(15)18(27)16-9-5-11-28-16/h4-7,9,11-12,15H,2-3,8,10H2,1H3,(H,20,26). The summed E-state index contributed by atoms with van der Waals surface area (Å²) < 4.78 is 6.83. The summed E-state index contributed by atoms with van der Waals surface area (Å²) >= 11 is 1.43. The molecule has 1 aliphatic heterocycles. The molecule has 150 valence electrons. The summed E-state index contributed by atoms with van der Waals surface area (Å²) in [6.45, 7) is 0.527. The van der Waals surface area contributed by atoms with Gasteiger partial charge in [-0.05, 0) is 66.3 Å². The van der Waals surface area contributed by atoms with E-state index in [2.05, 4.69) is 20.8 Å². The number of rotatable bonds is 5. The Morgan fingerprint density at radius 1 is 1.24 bits per heavy atom. The first-order chi connectivity index (χ1) is 14.2. The molecule has 9 nitrogen and oxygen atoms in total. The van der Waals surface area contributed by atoms with E-state index in [4.69, 9.17) is 4.42 Å². The number of likely N-dealkylation sites (tertiary alicyclic amines) is 1. The SMILES string of the molecule is CSc1nnnn1-c1cccc(NC(=O)C2CCCCN2C(=O)c2ccco2)c1. The molecule has 0 radical (unpaired) electrons. The van der Waals surface area contributed by atoms with Gasteiger partial charge in [0.2, 0.25) is 11.1 Å². The first kappa shape index (κ1) is 19.2. The second-order valence-electron chi connectivity index (χ2n) is 6.60. The maximum atomic E-state index is 13.0. The van der Waals surface area contributed by atoms with Crippen LogP contribution in [0.3, 0.4) is 0 Å². The van der Waals surface area contributed by atoms with Gasteiger partial charge in [-0.1, -0.05) is 17.8 Å². The Balaban J connectivity index is 1.52. The zero-order chi connectivity index (χ0) is 20.2. The zero-order valence-corrected chi connectivity index (χ0v) is 16.6. The minimum atomic E-state index is -0.542. The molecule has 1 aliphatic rings. The predicted octanol–water partition coefficient (Wildman–Crippen LogP) is 2.61. The Morgan fingerprint density at radius 2 is 2.14 bits per heavy atom. The summed E-state index contributed by atoms with van der Waals surface area (Å²) in [7, 11) is 0. The van der Waals surface area contributed by atoms with Crippen LogP contribution in [0.5, 0.6) is 0 Å². The van der Waals surface area contributed by atoms with Crippen molar-refractivity contribution in [3.05, 3.63) is 48.4 Å². The van der Waals surface area contributed by atoms with Crippen LogP contribution in [0.1, 0.15) is 29.8 Å². The lowest BCUT2D eigenvalue weighted by Gasteiger charge is -2.34. The number of amides is 2. The van der Waals surface area contributed by atoms with Crippen molar-refractivity contribution in [2.45, 2.75) is 30.5 Å². The summed E-state index contributed by atoms with van der Waals surface area (Å²) in [4.78, 5) is 27.3. The number of furan rings is 1. The second-order valence-corrected chi connectivity index (χ2v) is 7.38. The van der Waals surface area contributed by atoms with Crippen LogP contribution in [0.2, 0.25) is 0 Å². The van der Waals surface area contributed by atoms with Crippen LogP contribution in [-0.4, -0.2) is 55.8 Å². The number of piperidine rings is 1. The Kier molecular flexibility index (Phi) is 5.61. The van der Waals surface area contributed by atoms with Gasteiger partial charge < -0.3 is 14.6 Å². The summed E-state index contributed by atoms with van der Waals surface area (Å²) in [5.74, 6) is -0.236. The maximum absolute atomic E-state index is 13.0. The number of aromatic nitrogens is 4. The van der Waals surface area contributed by atoms with Crippen LogP contribution in [0.4, 0.5) is 5.69 Å². The highest BCUT2D eigenvalue weighted by Gasteiger charge is 2.33. The molecule has 0 aliphatic carbocycles. The molecule has 2 aromatic heterocycles. The number of anilines is 1. The molecule has 1 N–H and O–H groups in total. The maximum Gasteiger partial charge on any atom is 0.290 e. The van der Waals surface area contributed by atoms with E-state index in [9.17, 15) is 9.59 Å². The molecule has 3 aromatic rings. The van der Waals surface area contributed by atoms with Crippen molar-refractivity contribution in [3.63, 3.8) is 0 Å². The number of benzene rings is 1. The number of thioether (sulfide) groups is 1. The lowest BCUT2D eigenvalue weighted by Crippen LogP contribution is -2.49. The van der Waals surface area contributed by atoms with Crippen molar-refractivity contribution in [3.8, 4) is 5.69 Å². The van der Waals surface area contributed by atoms with Crippen LogP contribution in [0, 0.1) is 0 Å². The summed E-state index contributed by atoms with van der Waals surface area (Å²) in [6, 6.07) is 10.0. The van der Waals surface area contributed by atoms with Crippen LogP contribution in [0.15, 0.2) is 52.2 Å². The Labute approximate surface area is 171 Å². The van der Waals surface area contributed by atoms with E-state index in [1.54, 1.807) is 33.8 Å². The molecule has 1 aromatic carbocycles. The molecule has 0 bridgehead atoms. The number of carbonyl (C=O) groups is 2. The third-order valence-electron chi connectivity index (χ3n) is 4.78. The van der Waals surface area contributed by atoms with Gasteiger partial charge >= 0.3 is 0 Å². The quantitative estimate of drug-likeness (QED) is 0.642. The third-order valence-corrected chi connectivity index (χ3v) is 5.40. The van der Waals surface area contributed by atoms with Gasteiger partial charge in [0, 0.05) is 12.2 Å². The summed E-state index contributed by atoms with van der Waals surface area (Å²) in [5.41, 5.74) is 1.36. The van der Waals surface area contributed by atoms with Gasteiger partial charge in [0.1, 0.15) is 6.04 Å². The molecule has 10 heteroatoms. The normalized spacial score (nSPS) is 16.6. The van der Waals surface area contributed by atoms with Crippen LogP contribution in [0.25, 0.3) is 5.69 Å². The van der Waals surface area contributed by atoms with Crippen molar-refractivity contribution >= 4 is 29.3 Å². The van der Waals surface area contributed by atoms with Crippen molar-refractivity contribution in [1.82, 2.24) is 25.1 Å². The van der Waals surface area contributed by atoms with Gasteiger partial charge in [0.25, 0.3) is 5.91 Å². The highest BCUT2D eigenvalue weighted by atomic mass is 32.2. The van der Waals surface area contributed by atoms with Crippen molar-refractivity contribution in [2.75, 3.05) is 18.1 Å². The summed E-state index contributed by atoms with van der Waals surface area (Å²) in [6.07, 6.45) is 5.72. The van der Waals surface area contributed by atoms with Gasteiger partial charge in [0.05, 0.1) is 12.0 Å². The molecule has 1 saturated heterocycles. The van der Waals surface area contributed by atoms with Crippen molar-refractivity contribution in [2.24, 2.45) is 0 Å². The molecule has 29 heavy (non-hydrogen) atoms. The Bertz CT molecular complexity index is 1000. The number of hydrogen-bond acceptors (Lipinski definition) is 7. The van der Waals surface area contributed by atoms with E-state index in [1.807, 2.05) is 18.4 Å². The Morgan fingerprint density at radius 3 is 2.93 bits per heavy atom. The highest BCUT2D eigenvalue weighted by Crippen LogP contribution is 2.23. The molecule has 3 heterocycles. The van der Waals surface area contributed by atoms with Gasteiger partial charge in [-0.25, -0.2) is 0 Å². The highest BCUT2D eigenvalue weighted by molar-refractivity contribution is 7.98. The van der Waals surface area contributed by atoms with Gasteiger partial charge in [-0.15, -0.1) is 5.10 Å². The number of carbonyl (C=O) groups excluding carboxylic acids is 2. The fraction of sp³-hybridized carbons (Fsp3) is 0.316. The molecule has 0 saturated carbocycles. The fourth-order valence-electron chi connectivity index (χ4n) is 3.40. The molecule has 4 rings (SSSR count). The second kappa shape index (κ2) is 8.48. The van der Waals surface area contributed by atoms with E-state index in [-0.39, 0.29) is 17.6 Å². The van der Waals surface area contributed by atoms with Gasteiger partial charge in [0.15, 0.2) is 5.76 Å². The average Bonchev–Trinajstić information content (AvgIpc) is 3.45. The Hall–Kier alpha value is -3.14. The monoisotopic (exact) mass is 412 g/mol. The molecule has 0 spiro atoms. The third kappa shape index (κ3) is 4.02.